The zero-order valence-corrected chi connectivity index (χ0v) is 17.6. The van der Waals surface area contributed by atoms with Crippen LogP contribution in [0.1, 0.15) is 55.5 Å². The van der Waals surface area contributed by atoms with E-state index in [1.807, 2.05) is 32.4 Å². The van der Waals surface area contributed by atoms with Gasteiger partial charge in [-0.1, -0.05) is 0 Å². The third-order valence-corrected chi connectivity index (χ3v) is 5.57. The van der Waals surface area contributed by atoms with E-state index in [1.54, 1.807) is 15.6 Å². The van der Waals surface area contributed by atoms with Crippen molar-refractivity contribution in [3.8, 4) is 0 Å². The predicted molar refractivity (Wildman–Crippen MR) is 110 cm³/mol. The van der Waals surface area contributed by atoms with Crippen LogP contribution in [0.3, 0.4) is 0 Å². The molecule has 9 heteroatoms. The monoisotopic (exact) mass is 415 g/mol. The maximum atomic E-state index is 14.1. The van der Waals surface area contributed by atoms with Gasteiger partial charge in [0.05, 0.1) is 17.3 Å². The molecule has 2 amide bonds. The van der Waals surface area contributed by atoms with Crippen LogP contribution in [0.15, 0.2) is 18.3 Å². The lowest BCUT2D eigenvalue weighted by molar-refractivity contribution is 0.0205. The molecule has 0 radical (unpaired) electrons. The van der Waals surface area contributed by atoms with Gasteiger partial charge in [0.1, 0.15) is 22.6 Å². The Bertz CT molecular complexity index is 1150. The molecule has 160 valence electrons. The summed E-state index contributed by atoms with van der Waals surface area (Å²) in [6.45, 7) is 6.73. The van der Waals surface area contributed by atoms with Gasteiger partial charge >= 0.3 is 6.09 Å². The number of halogens is 1. The van der Waals surface area contributed by atoms with Gasteiger partial charge in [0.15, 0.2) is 0 Å². The SMILES string of the molecule is Cn1c2cc(F)cc(C(N)=O)c2n2ncc(C3CCN(C(=O)OC(C)(C)C)CC3)c12. The number of nitrogens with two attached hydrogens (primary N) is 1. The lowest BCUT2D eigenvalue weighted by Crippen LogP contribution is -2.41. The molecule has 30 heavy (non-hydrogen) atoms. The fraction of sp³-hybridized carbons (Fsp3) is 0.476. The third-order valence-electron chi connectivity index (χ3n) is 5.57. The van der Waals surface area contributed by atoms with Crippen molar-refractivity contribution in [3.63, 3.8) is 0 Å². The number of fused-ring (bicyclic) bond motifs is 3. The normalized spacial score (nSPS) is 15.8. The van der Waals surface area contributed by atoms with Crippen LogP contribution in [0.25, 0.3) is 16.7 Å². The van der Waals surface area contributed by atoms with E-state index in [0.29, 0.717) is 24.1 Å². The second kappa shape index (κ2) is 7.00. The molecule has 1 aliphatic heterocycles. The summed E-state index contributed by atoms with van der Waals surface area (Å²) in [6, 6.07) is 2.52. The minimum atomic E-state index is -0.699. The molecule has 2 aromatic heterocycles. The summed E-state index contributed by atoms with van der Waals surface area (Å²) in [7, 11) is 1.82. The van der Waals surface area contributed by atoms with Crippen molar-refractivity contribution in [1.82, 2.24) is 19.1 Å². The van der Waals surface area contributed by atoms with E-state index in [2.05, 4.69) is 5.10 Å². The number of aromatic nitrogens is 3. The van der Waals surface area contributed by atoms with Crippen LogP contribution in [0.4, 0.5) is 9.18 Å². The highest BCUT2D eigenvalue weighted by Crippen LogP contribution is 2.34. The molecular formula is C21H26FN5O3. The Kier molecular flexibility index (Phi) is 4.71. The molecule has 1 fully saturated rings. The van der Waals surface area contributed by atoms with E-state index >= 15 is 0 Å². The van der Waals surface area contributed by atoms with E-state index in [-0.39, 0.29) is 17.6 Å². The van der Waals surface area contributed by atoms with E-state index in [0.717, 1.165) is 30.1 Å². The molecule has 1 aromatic carbocycles. The number of hydrogen-bond donors (Lipinski definition) is 1. The van der Waals surface area contributed by atoms with Crippen LogP contribution in [-0.2, 0) is 11.8 Å². The number of benzene rings is 1. The Morgan fingerprint density at radius 1 is 1.23 bits per heavy atom. The number of aryl methyl sites for hydroxylation is 1. The van der Waals surface area contributed by atoms with Crippen molar-refractivity contribution in [2.75, 3.05) is 13.1 Å². The van der Waals surface area contributed by atoms with E-state index < -0.39 is 17.3 Å². The summed E-state index contributed by atoms with van der Waals surface area (Å²) < 4.78 is 23.0. The van der Waals surface area contributed by atoms with Crippen LogP contribution < -0.4 is 5.73 Å². The van der Waals surface area contributed by atoms with Gasteiger partial charge in [0.25, 0.3) is 5.91 Å². The highest BCUT2D eigenvalue weighted by molar-refractivity contribution is 6.05. The lowest BCUT2D eigenvalue weighted by Gasteiger charge is -2.33. The largest absolute Gasteiger partial charge is 0.444 e. The molecule has 0 spiro atoms. The van der Waals surface area contributed by atoms with Gasteiger partial charge in [-0.15, -0.1) is 0 Å². The van der Waals surface area contributed by atoms with Crippen LogP contribution in [-0.4, -0.2) is 49.8 Å². The molecule has 2 N–H and O–H groups in total. The standard InChI is InChI=1S/C21H26FN5O3/c1-21(2,3)30-20(29)26-7-5-12(6-8-26)15-11-24-27-17-14(18(23)28)9-13(22)10-16(17)25(4)19(15)27/h9-12H,5-8H2,1-4H3,(H2,23,28). The van der Waals surface area contributed by atoms with Crippen molar-refractivity contribution >= 4 is 28.7 Å². The number of primary amides is 1. The second-order valence-corrected chi connectivity index (χ2v) is 8.82. The molecule has 0 atom stereocenters. The number of amides is 2. The Morgan fingerprint density at radius 2 is 1.90 bits per heavy atom. The second-order valence-electron chi connectivity index (χ2n) is 8.82. The maximum absolute atomic E-state index is 14.1. The predicted octanol–water partition coefficient (Wildman–Crippen LogP) is 3.18. The minimum absolute atomic E-state index is 0.102. The highest BCUT2D eigenvalue weighted by atomic mass is 19.1. The average molecular weight is 415 g/mol. The van der Waals surface area contributed by atoms with Gasteiger partial charge in [0.2, 0.25) is 0 Å². The first-order valence-corrected chi connectivity index (χ1v) is 10.00. The minimum Gasteiger partial charge on any atom is -0.444 e. The molecule has 0 aliphatic carbocycles. The molecule has 3 aromatic rings. The molecule has 3 heterocycles. The number of piperidine rings is 1. The Labute approximate surface area is 173 Å². The van der Waals surface area contributed by atoms with Gasteiger partial charge < -0.3 is 19.9 Å². The highest BCUT2D eigenvalue weighted by Gasteiger charge is 2.30. The molecule has 8 nitrogen and oxygen atoms in total. The number of likely N-dealkylation sites (tertiary alicyclic amines) is 1. The lowest BCUT2D eigenvalue weighted by atomic mass is 9.91. The molecular weight excluding hydrogens is 389 g/mol. The smallest absolute Gasteiger partial charge is 0.410 e. The molecule has 0 bridgehead atoms. The van der Waals surface area contributed by atoms with Crippen LogP contribution in [0.5, 0.6) is 0 Å². The fourth-order valence-corrected chi connectivity index (χ4v) is 4.21. The first-order chi connectivity index (χ1) is 14.1. The number of rotatable bonds is 2. The molecule has 1 saturated heterocycles. The van der Waals surface area contributed by atoms with Crippen molar-refractivity contribution in [1.29, 1.82) is 0 Å². The van der Waals surface area contributed by atoms with Crippen molar-refractivity contribution < 1.29 is 18.7 Å². The summed E-state index contributed by atoms with van der Waals surface area (Å²) in [6.07, 6.45) is 3.02. The topological polar surface area (TPSA) is 94.9 Å². The number of ether oxygens (including phenoxy) is 1. The van der Waals surface area contributed by atoms with Crippen LogP contribution >= 0.6 is 0 Å². The number of carbonyl (C=O) groups excluding carboxylic acids is 2. The van der Waals surface area contributed by atoms with E-state index in [4.69, 9.17) is 10.5 Å². The first kappa shape index (κ1) is 20.2. The maximum Gasteiger partial charge on any atom is 0.410 e. The van der Waals surface area contributed by atoms with E-state index in [9.17, 15) is 14.0 Å². The van der Waals surface area contributed by atoms with Crippen molar-refractivity contribution in [2.45, 2.75) is 45.1 Å². The van der Waals surface area contributed by atoms with Gasteiger partial charge in [-0.2, -0.15) is 5.10 Å². The first-order valence-electron chi connectivity index (χ1n) is 10.00. The Morgan fingerprint density at radius 3 is 2.50 bits per heavy atom. The Balaban J connectivity index is 1.66. The Hall–Kier alpha value is -3.10. The fourth-order valence-electron chi connectivity index (χ4n) is 4.21. The number of imidazole rings is 1. The summed E-state index contributed by atoms with van der Waals surface area (Å²) in [5, 5.41) is 4.48. The number of nitrogens with zero attached hydrogens (tertiary/aromatic N) is 4. The van der Waals surface area contributed by atoms with Gasteiger partial charge in [-0.25, -0.2) is 13.7 Å². The average Bonchev–Trinajstić information content (AvgIpc) is 3.20. The summed E-state index contributed by atoms with van der Waals surface area (Å²) in [5.41, 5.74) is 7.92. The van der Waals surface area contributed by atoms with Gasteiger partial charge in [-0.3, -0.25) is 4.79 Å². The number of hydrogen-bond acceptors (Lipinski definition) is 4. The van der Waals surface area contributed by atoms with Crippen molar-refractivity contribution in [2.24, 2.45) is 12.8 Å². The zero-order valence-electron chi connectivity index (χ0n) is 17.6. The molecule has 1 aliphatic rings. The van der Waals surface area contributed by atoms with Gasteiger partial charge in [0, 0.05) is 25.7 Å². The van der Waals surface area contributed by atoms with Gasteiger partial charge in [-0.05, 0) is 51.7 Å². The van der Waals surface area contributed by atoms with Crippen LogP contribution in [0, 0.1) is 5.82 Å². The third kappa shape index (κ3) is 3.38. The molecule has 4 rings (SSSR count). The van der Waals surface area contributed by atoms with Crippen molar-refractivity contribution in [3.05, 3.63) is 35.3 Å². The number of carbonyl (C=O) groups is 2. The summed E-state index contributed by atoms with van der Waals surface area (Å²) in [4.78, 5) is 25.9. The zero-order chi connectivity index (χ0) is 21.8. The molecule has 0 unspecified atom stereocenters. The summed E-state index contributed by atoms with van der Waals surface area (Å²) in [5.74, 6) is -1.03. The summed E-state index contributed by atoms with van der Waals surface area (Å²) >= 11 is 0. The van der Waals surface area contributed by atoms with Crippen LogP contribution in [0.2, 0.25) is 0 Å². The molecule has 0 saturated carbocycles. The van der Waals surface area contributed by atoms with E-state index in [1.165, 1.54) is 6.07 Å². The quantitative estimate of drug-likeness (QED) is 0.695.